The molecule has 0 saturated heterocycles. The van der Waals surface area contributed by atoms with Crippen molar-refractivity contribution in [2.75, 3.05) is 25.6 Å². The summed E-state index contributed by atoms with van der Waals surface area (Å²) in [5, 5.41) is 3.13. The first-order valence-corrected chi connectivity index (χ1v) is 8.52. The molecule has 0 aromatic heterocycles. The molecule has 0 aliphatic carbocycles. The molecule has 0 spiro atoms. The van der Waals surface area contributed by atoms with Gasteiger partial charge >= 0.3 is 0 Å². The maximum atomic E-state index is 5.96. The number of hydrogen-bond donors (Lipinski definition) is 2. The van der Waals surface area contributed by atoms with Crippen LogP contribution in [0.25, 0.3) is 0 Å². The van der Waals surface area contributed by atoms with Crippen LogP contribution >= 0.6 is 0 Å². The van der Waals surface area contributed by atoms with Crippen LogP contribution in [0.5, 0.6) is 5.75 Å². The molecule has 3 N–H and O–H groups in total. The Kier molecular flexibility index (Phi) is 7.79. The van der Waals surface area contributed by atoms with Crippen LogP contribution < -0.4 is 15.8 Å². The van der Waals surface area contributed by atoms with E-state index in [4.69, 9.17) is 15.2 Å². The summed E-state index contributed by atoms with van der Waals surface area (Å²) in [4.78, 5) is 4.36. The van der Waals surface area contributed by atoms with Crippen molar-refractivity contribution in [3.05, 3.63) is 59.7 Å². The highest BCUT2D eigenvalue weighted by Crippen LogP contribution is 2.15. The van der Waals surface area contributed by atoms with E-state index < -0.39 is 0 Å². The molecular weight excluding hydrogens is 314 g/mol. The van der Waals surface area contributed by atoms with Gasteiger partial charge < -0.3 is 20.5 Å². The average molecular weight is 341 g/mol. The number of aliphatic imine (C=N–C) groups is 1. The Morgan fingerprint density at radius 2 is 1.84 bits per heavy atom. The molecule has 2 aromatic rings. The number of aryl methyl sites for hydroxylation is 1. The Labute approximate surface area is 149 Å². The molecule has 2 aromatic carbocycles. The number of benzene rings is 2. The lowest BCUT2D eigenvalue weighted by Gasteiger charge is -2.11. The summed E-state index contributed by atoms with van der Waals surface area (Å²) in [7, 11) is 1.67. The lowest BCUT2D eigenvalue weighted by molar-refractivity contribution is 0.185. The van der Waals surface area contributed by atoms with Crippen LogP contribution in [0, 0.1) is 6.92 Å². The second-order valence-electron chi connectivity index (χ2n) is 5.85. The molecule has 0 heterocycles. The summed E-state index contributed by atoms with van der Waals surface area (Å²) in [6.45, 7) is 3.95. The first kappa shape index (κ1) is 18.8. The van der Waals surface area contributed by atoms with Crippen LogP contribution in [0.1, 0.15) is 24.0 Å². The molecule has 0 aliphatic heterocycles. The normalized spacial score (nSPS) is 11.4. The quantitative estimate of drug-likeness (QED) is 0.414. The first-order chi connectivity index (χ1) is 12.2. The Balaban J connectivity index is 1.68. The van der Waals surface area contributed by atoms with Crippen molar-refractivity contribution in [2.45, 2.75) is 26.4 Å². The number of guanidine groups is 1. The smallest absolute Gasteiger partial charge is 0.193 e. The molecule has 134 valence electrons. The molecule has 2 rings (SSSR count). The van der Waals surface area contributed by atoms with Gasteiger partial charge in [-0.1, -0.05) is 35.9 Å². The van der Waals surface area contributed by atoms with Crippen molar-refractivity contribution in [3.63, 3.8) is 0 Å². The second kappa shape index (κ2) is 10.4. The number of methoxy groups -OCH3 is 1. The van der Waals surface area contributed by atoms with Gasteiger partial charge in [0.2, 0.25) is 0 Å². The summed E-state index contributed by atoms with van der Waals surface area (Å²) < 4.78 is 10.9. The number of hydrogen-bond acceptors (Lipinski definition) is 3. The third-order valence-electron chi connectivity index (χ3n) is 3.70. The number of nitrogens with zero attached hydrogens (tertiary/aromatic N) is 1. The number of nitrogens with two attached hydrogens (primary N) is 1. The molecule has 0 bridgehead atoms. The number of para-hydroxylation sites is 1. The third-order valence-corrected chi connectivity index (χ3v) is 3.70. The SMILES string of the molecule is COCc1ccccc1NC(N)=NCCCCOc1ccc(C)cc1. The maximum absolute atomic E-state index is 5.96. The van der Waals surface area contributed by atoms with Crippen LogP contribution in [0.4, 0.5) is 5.69 Å². The van der Waals surface area contributed by atoms with Gasteiger partial charge in [0.15, 0.2) is 5.96 Å². The van der Waals surface area contributed by atoms with E-state index in [2.05, 4.69) is 17.2 Å². The Bertz CT molecular complexity index is 669. The predicted octanol–water partition coefficient (Wildman–Crippen LogP) is 3.73. The van der Waals surface area contributed by atoms with Crippen molar-refractivity contribution in [2.24, 2.45) is 10.7 Å². The lowest BCUT2D eigenvalue weighted by atomic mass is 10.2. The molecule has 0 radical (unpaired) electrons. The summed E-state index contributed by atoms with van der Waals surface area (Å²) in [5.74, 6) is 1.33. The van der Waals surface area contributed by atoms with Gasteiger partial charge in [0.1, 0.15) is 5.75 Å². The van der Waals surface area contributed by atoms with Gasteiger partial charge in [-0.25, -0.2) is 0 Å². The van der Waals surface area contributed by atoms with Crippen LogP contribution in [0.2, 0.25) is 0 Å². The fraction of sp³-hybridized carbons (Fsp3) is 0.350. The molecule has 5 heteroatoms. The first-order valence-electron chi connectivity index (χ1n) is 8.52. The van der Waals surface area contributed by atoms with Crippen molar-refractivity contribution >= 4 is 11.6 Å². The number of ether oxygens (including phenoxy) is 2. The highest BCUT2D eigenvalue weighted by Gasteiger charge is 2.02. The average Bonchev–Trinajstić information content (AvgIpc) is 2.61. The van der Waals surface area contributed by atoms with Crippen molar-refractivity contribution < 1.29 is 9.47 Å². The second-order valence-corrected chi connectivity index (χ2v) is 5.85. The highest BCUT2D eigenvalue weighted by atomic mass is 16.5. The zero-order valence-corrected chi connectivity index (χ0v) is 15.0. The van der Waals surface area contributed by atoms with Gasteiger partial charge in [0, 0.05) is 24.9 Å². The minimum atomic E-state index is 0.419. The number of unbranched alkanes of at least 4 members (excludes halogenated alkanes) is 1. The number of anilines is 1. The van der Waals surface area contributed by atoms with Crippen LogP contribution in [0.3, 0.4) is 0 Å². The van der Waals surface area contributed by atoms with Crippen molar-refractivity contribution in [3.8, 4) is 5.75 Å². The van der Waals surface area contributed by atoms with Gasteiger partial charge in [-0.2, -0.15) is 0 Å². The molecule has 0 aliphatic rings. The highest BCUT2D eigenvalue weighted by molar-refractivity contribution is 5.92. The topological polar surface area (TPSA) is 68.9 Å². The zero-order chi connectivity index (χ0) is 17.9. The number of rotatable bonds is 9. The van der Waals surface area contributed by atoms with Crippen molar-refractivity contribution in [1.29, 1.82) is 0 Å². The van der Waals surface area contributed by atoms with Gasteiger partial charge in [0.25, 0.3) is 0 Å². The van der Waals surface area contributed by atoms with Crippen LogP contribution in [-0.4, -0.2) is 26.2 Å². The van der Waals surface area contributed by atoms with E-state index in [0.717, 1.165) is 29.8 Å². The van der Waals surface area contributed by atoms with Crippen LogP contribution in [0.15, 0.2) is 53.5 Å². The molecule has 0 fully saturated rings. The molecule has 0 saturated carbocycles. The summed E-state index contributed by atoms with van der Waals surface area (Å²) in [5.41, 5.74) is 9.17. The monoisotopic (exact) mass is 341 g/mol. The fourth-order valence-corrected chi connectivity index (χ4v) is 2.34. The van der Waals surface area contributed by atoms with Gasteiger partial charge in [-0.05, 0) is 38.0 Å². The van der Waals surface area contributed by atoms with E-state index in [1.54, 1.807) is 7.11 Å². The summed E-state index contributed by atoms with van der Waals surface area (Å²) in [6.07, 6.45) is 1.86. The third kappa shape index (κ3) is 6.85. The minimum absolute atomic E-state index is 0.419. The van der Waals surface area contributed by atoms with E-state index in [1.165, 1.54) is 5.56 Å². The molecular formula is C20H27N3O2. The van der Waals surface area contributed by atoms with Crippen molar-refractivity contribution in [1.82, 2.24) is 0 Å². The van der Waals surface area contributed by atoms with Gasteiger partial charge in [-0.15, -0.1) is 0 Å². The summed E-state index contributed by atoms with van der Waals surface area (Å²) in [6, 6.07) is 16.0. The predicted molar refractivity (Wildman–Crippen MR) is 103 cm³/mol. The minimum Gasteiger partial charge on any atom is -0.494 e. The molecule has 0 amide bonds. The Hall–Kier alpha value is -2.53. The van der Waals surface area contributed by atoms with E-state index in [1.807, 2.05) is 48.5 Å². The van der Waals surface area contributed by atoms with E-state index in [-0.39, 0.29) is 0 Å². The van der Waals surface area contributed by atoms with E-state index >= 15 is 0 Å². The van der Waals surface area contributed by atoms with Gasteiger partial charge in [0.05, 0.1) is 13.2 Å². The largest absolute Gasteiger partial charge is 0.494 e. The maximum Gasteiger partial charge on any atom is 0.193 e. The van der Waals surface area contributed by atoms with E-state index in [9.17, 15) is 0 Å². The van der Waals surface area contributed by atoms with E-state index in [0.29, 0.717) is 25.7 Å². The molecule has 25 heavy (non-hydrogen) atoms. The van der Waals surface area contributed by atoms with Gasteiger partial charge in [-0.3, -0.25) is 4.99 Å². The molecule has 0 atom stereocenters. The Morgan fingerprint density at radius 3 is 2.60 bits per heavy atom. The standard InChI is InChI=1S/C20H27N3O2/c1-16-9-11-18(12-10-16)25-14-6-5-13-22-20(21)23-19-8-4-3-7-17(19)15-24-2/h3-4,7-12H,5-6,13-15H2,1-2H3,(H3,21,22,23). The van der Waals surface area contributed by atoms with Crippen LogP contribution in [-0.2, 0) is 11.3 Å². The summed E-state index contributed by atoms with van der Waals surface area (Å²) >= 11 is 0. The zero-order valence-electron chi connectivity index (χ0n) is 15.0. The lowest BCUT2D eigenvalue weighted by Crippen LogP contribution is -2.23. The fourth-order valence-electron chi connectivity index (χ4n) is 2.34. The number of nitrogens with one attached hydrogen (secondary N) is 1. The molecule has 0 unspecified atom stereocenters. The Morgan fingerprint density at radius 1 is 1.08 bits per heavy atom. The molecule has 5 nitrogen and oxygen atoms in total.